The SMILES string of the molecule is Cc1cnn(-c2cccc(N3CCN(c4ncnc5c4cnn5C)CC3)n2)c1. The van der Waals surface area contributed by atoms with E-state index in [-0.39, 0.29) is 0 Å². The van der Waals surface area contributed by atoms with E-state index < -0.39 is 0 Å². The van der Waals surface area contributed by atoms with Crippen LogP contribution in [0.4, 0.5) is 11.6 Å². The molecule has 0 radical (unpaired) electrons. The Labute approximate surface area is 162 Å². The fraction of sp³-hybridized carbons (Fsp3) is 0.316. The van der Waals surface area contributed by atoms with Crippen molar-refractivity contribution in [2.45, 2.75) is 6.92 Å². The zero-order valence-corrected chi connectivity index (χ0v) is 15.9. The van der Waals surface area contributed by atoms with Crippen LogP contribution in [0.25, 0.3) is 16.9 Å². The first-order valence-corrected chi connectivity index (χ1v) is 9.30. The van der Waals surface area contributed by atoms with E-state index in [4.69, 9.17) is 4.98 Å². The van der Waals surface area contributed by atoms with Gasteiger partial charge in [-0.15, -0.1) is 0 Å². The van der Waals surface area contributed by atoms with Crippen molar-refractivity contribution in [1.29, 1.82) is 0 Å². The van der Waals surface area contributed by atoms with Gasteiger partial charge >= 0.3 is 0 Å². The number of pyridine rings is 1. The van der Waals surface area contributed by atoms with Gasteiger partial charge in [0.15, 0.2) is 11.5 Å². The van der Waals surface area contributed by atoms with Crippen LogP contribution in [0.1, 0.15) is 5.56 Å². The lowest BCUT2D eigenvalue weighted by Crippen LogP contribution is -2.47. The minimum atomic E-state index is 0.834. The number of hydrogen-bond donors (Lipinski definition) is 0. The monoisotopic (exact) mass is 375 g/mol. The molecule has 0 aromatic carbocycles. The summed E-state index contributed by atoms with van der Waals surface area (Å²) in [5.41, 5.74) is 1.98. The molecule has 0 bridgehead atoms. The lowest BCUT2D eigenvalue weighted by molar-refractivity contribution is 0.641. The van der Waals surface area contributed by atoms with Gasteiger partial charge in [0, 0.05) is 39.4 Å². The van der Waals surface area contributed by atoms with Gasteiger partial charge in [0.2, 0.25) is 0 Å². The van der Waals surface area contributed by atoms with Crippen molar-refractivity contribution in [2.75, 3.05) is 36.0 Å². The second kappa shape index (κ2) is 6.59. The standard InChI is InChI=1S/C19H21N9/c1-14-10-23-28(12-14)17-5-3-4-16(24-17)26-6-8-27(9-7-26)19-15-11-22-25(2)18(15)20-13-21-19/h3-5,10-13H,6-9H2,1-2H3. The van der Waals surface area contributed by atoms with Crippen LogP contribution in [0.15, 0.2) is 43.1 Å². The van der Waals surface area contributed by atoms with E-state index in [9.17, 15) is 0 Å². The third kappa shape index (κ3) is 2.84. The van der Waals surface area contributed by atoms with Gasteiger partial charge in [-0.05, 0) is 24.6 Å². The fourth-order valence-electron chi connectivity index (χ4n) is 3.60. The highest BCUT2D eigenvalue weighted by Crippen LogP contribution is 2.24. The highest BCUT2D eigenvalue weighted by Gasteiger charge is 2.22. The van der Waals surface area contributed by atoms with Crippen molar-refractivity contribution in [3.63, 3.8) is 0 Å². The molecule has 0 N–H and O–H groups in total. The van der Waals surface area contributed by atoms with Gasteiger partial charge in [-0.2, -0.15) is 10.2 Å². The molecule has 9 heteroatoms. The van der Waals surface area contributed by atoms with Crippen LogP contribution in [0.2, 0.25) is 0 Å². The van der Waals surface area contributed by atoms with Crippen molar-refractivity contribution in [2.24, 2.45) is 7.05 Å². The first-order valence-electron chi connectivity index (χ1n) is 9.30. The minimum Gasteiger partial charge on any atom is -0.353 e. The molecule has 1 aliphatic rings. The van der Waals surface area contributed by atoms with Crippen LogP contribution in [-0.4, -0.2) is 60.7 Å². The molecule has 142 valence electrons. The molecule has 5 rings (SSSR count). The number of hydrogen-bond acceptors (Lipinski definition) is 7. The number of anilines is 2. The molecule has 9 nitrogen and oxygen atoms in total. The maximum Gasteiger partial charge on any atom is 0.163 e. The molecular formula is C19H21N9. The van der Waals surface area contributed by atoms with Gasteiger partial charge in [0.25, 0.3) is 0 Å². The fourth-order valence-corrected chi connectivity index (χ4v) is 3.60. The average Bonchev–Trinajstić information content (AvgIpc) is 3.34. The normalized spacial score (nSPS) is 14.8. The molecule has 1 fully saturated rings. The van der Waals surface area contributed by atoms with E-state index in [1.807, 2.05) is 49.4 Å². The van der Waals surface area contributed by atoms with E-state index in [0.29, 0.717) is 0 Å². The summed E-state index contributed by atoms with van der Waals surface area (Å²) in [4.78, 5) is 18.2. The van der Waals surface area contributed by atoms with E-state index >= 15 is 0 Å². The smallest absolute Gasteiger partial charge is 0.163 e. The highest BCUT2D eigenvalue weighted by molar-refractivity contribution is 5.86. The predicted molar refractivity (Wildman–Crippen MR) is 107 cm³/mol. The summed E-state index contributed by atoms with van der Waals surface area (Å²) in [6.07, 6.45) is 7.28. The largest absolute Gasteiger partial charge is 0.353 e. The molecule has 1 saturated heterocycles. The van der Waals surface area contributed by atoms with Gasteiger partial charge in [0.1, 0.15) is 18.0 Å². The summed E-state index contributed by atoms with van der Waals surface area (Å²) in [7, 11) is 1.90. The predicted octanol–water partition coefficient (Wildman–Crippen LogP) is 1.58. The minimum absolute atomic E-state index is 0.834. The number of piperazine rings is 1. The maximum absolute atomic E-state index is 4.80. The van der Waals surface area contributed by atoms with Crippen molar-refractivity contribution >= 4 is 22.7 Å². The number of rotatable bonds is 3. The Balaban J connectivity index is 1.35. The second-order valence-corrected chi connectivity index (χ2v) is 6.99. The van der Waals surface area contributed by atoms with Crippen LogP contribution >= 0.6 is 0 Å². The summed E-state index contributed by atoms with van der Waals surface area (Å²) >= 11 is 0. The maximum atomic E-state index is 4.80. The Kier molecular flexibility index (Phi) is 3.92. The highest BCUT2D eigenvalue weighted by atomic mass is 15.3. The lowest BCUT2D eigenvalue weighted by atomic mass is 10.2. The van der Waals surface area contributed by atoms with Gasteiger partial charge in [0.05, 0.1) is 17.8 Å². The molecule has 0 unspecified atom stereocenters. The van der Waals surface area contributed by atoms with Gasteiger partial charge < -0.3 is 9.80 Å². The van der Waals surface area contributed by atoms with Crippen LogP contribution in [-0.2, 0) is 7.05 Å². The second-order valence-electron chi connectivity index (χ2n) is 6.99. The first kappa shape index (κ1) is 16.7. The molecule has 28 heavy (non-hydrogen) atoms. The Morgan fingerprint density at radius 1 is 0.893 bits per heavy atom. The Morgan fingerprint density at radius 3 is 2.46 bits per heavy atom. The van der Waals surface area contributed by atoms with Gasteiger partial charge in [-0.25, -0.2) is 19.6 Å². The van der Waals surface area contributed by atoms with Crippen LogP contribution in [0, 0.1) is 6.92 Å². The number of aromatic nitrogens is 7. The molecule has 0 amide bonds. The molecular weight excluding hydrogens is 354 g/mol. The Morgan fingerprint density at radius 2 is 1.68 bits per heavy atom. The Hall–Kier alpha value is -3.49. The van der Waals surface area contributed by atoms with Crippen LogP contribution < -0.4 is 9.80 Å². The van der Waals surface area contributed by atoms with E-state index in [2.05, 4.69) is 36.0 Å². The number of fused-ring (bicyclic) bond motifs is 1. The van der Waals surface area contributed by atoms with Crippen LogP contribution in [0.3, 0.4) is 0 Å². The molecule has 5 heterocycles. The lowest BCUT2D eigenvalue weighted by Gasteiger charge is -2.36. The summed E-state index contributed by atoms with van der Waals surface area (Å²) in [6.45, 7) is 5.52. The summed E-state index contributed by atoms with van der Waals surface area (Å²) in [5.74, 6) is 2.76. The first-order chi connectivity index (χ1) is 13.7. The summed E-state index contributed by atoms with van der Waals surface area (Å²) in [5, 5.41) is 9.67. The molecule has 0 atom stereocenters. The zero-order valence-electron chi connectivity index (χ0n) is 15.9. The molecule has 4 aromatic rings. The van der Waals surface area contributed by atoms with E-state index in [1.165, 1.54) is 0 Å². The van der Waals surface area contributed by atoms with Gasteiger partial charge in [-0.3, -0.25) is 4.68 Å². The number of aryl methyl sites for hydroxylation is 2. The molecule has 0 aliphatic carbocycles. The summed E-state index contributed by atoms with van der Waals surface area (Å²) < 4.78 is 3.60. The topological polar surface area (TPSA) is 80.8 Å². The molecule has 1 aliphatic heterocycles. The van der Waals surface area contributed by atoms with Crippen LogP contribution in [0.5, 0.6) is 0 Å². The summed E-state index contributed by atoms with van der Waals surface area (Å²) in [6, 6.07) is 6.07. The Bertz CT molecular complexity index is 1120. The third-order valence-electron chi connectivity index (χ3n) is 5.08. The van der Waals surface area contributed by atoms with Crippen molar-refractivity contribution in [3.05, 3.63) is 48.7 Å². The molecule has 4 aromatic heterocycles. The number of nitrogens with zero attached hydrogens (tertiary/aromatic N) is 9. The molecule has 0 saturated carbocycles. The average molecular weight is 375 g/mol. The third-order valence-corrected chi connectivity index (χ3v) is 5.08. The van der Waals surface area contributed by atoms with E-state index in [0.717, 1.165) is 60.2 Å². The van der Waals surface area contributed by atoms with Crippen molar-refractivity contribution < 1.29 is 0 Å². The molecule has 0 spiro atoms. The van der Waals surface area contributed by atoms with Crippen molar-refractivity contribution in [1.82, 2.24) is 34.5 Å². The van der Waals surface area contributed by atoms with E-state index in [1.54, 1.807) is 11.0 Å². The zero-order chi connectivity index (χ0) is 19.1. The quantitative estimate of drug-likeness (QED) is 0.538. The van der Waals surface area contributed by atoms with Gasteiger partial charge in [-0.1, -0.05) is 6.07 Å². The van der Waals surface area contributed by atoms with Crippen molar-refractivity contribution in [3.8, 4) is 5.82 Å².